The van der Waals surface area contributed by atoms with E-state index in [-0.39, 0.29) is 0 Å². The van der Waals surface area contributed by atoms with E-state index in [0.29, 0.717) is 16.3 Å². The molecule has 0 saturated heterocycles. The highest BCUT2D eigenvalue weighted by Gasteiger charge is 2.56. The number of hydrogen-bond donors (Lipinski definition) is 2. The molecule has 0 saturated carbocycles. The Kier molecular flexibility index (Phi) is 3.68. The zero-order chi connectivity index (χ0) is 15.9. The molecule has 22 heavy (non-hydrogen) atoms. The van der Waals surface area contributed by atoms with E-state index in [0.717, 1.165) is 15.4 Å². The van der Waals surface area contributed by atoms with E-state index in [4.69, 9.17) is 11.6 Å². The lowest BCUT2D eigenvalue weighted by Gasteiger charge is -2.24. The van der Waals surface area contributed by atoms with Crippen molar-refractivity contribution >= 4 is 17.3 Å². The van der Waals surface area contributed by atoms with E-state index >= 15 is 0 Å². The van der Waals surface area contributed by atoms with Crippen LogP contribution in [0.25, 0.3) is 0 Å². The van der Waals surface area contributed by atoms with Crippen molar-refractivity contribution in [2.45, 2.75) is 25.6 Å². The Morgan fingerprint density at radius 1 is 1.05 bits per heavy atom. The van der Waals surface area contributed by atoms with Crippen molar-refractivity contribution in [1.82, 2.24) is 5.06 Å². The van der Waals surface area contributed by atoms with Gasteiger partial charge in [0, 0.05) is 10.3 Å². The number of hydroxylamine groups is 3. The van der Waals surface area contributed by atoms with E-state index in [1.807, 2.05) is 56.3 Å². The van der Waals surface area contributed by atoms with E-state index in [1.54, 1.807) is 12.1 Å². The minimum absolute atomic E-state index is 0.496. The molecule has 0 fully saturated rings. The zero-order valence-corrected chi connectivity index (χ0v) is 13.2. The van der Waals surface area contributed by atoms with Gasteiger partial charge in [-0.3, -0.25) is 5.21 Å². The van der Waals surface area contributed by atoms with Gasteiger partial charge in [0.2, 0.25) is 0 Å². The molecule has 0 amide bonds. The molecule has 114 valence electrons. The Balaban J connectivity index is 2.18. The molecule has 2 aromatic carbocycles. The summed E-state index contributed by atoms with van der Waals surface area (Å²) < 4.78 is 1.09. The molecule has 0 aliphatic carbocycles. The third-order valence-corrected chi connectivity index (χ3v) is 4.42. The summed E-state index contributed by atoms with van der Waals surface area (Å²) in [5.74, 6) is 0. The van der Waals surface area contributed by atoms with E-state index < -0.39 is 11.7 Å². The second kappa shape index (κ2) is 5.39. The Hall–Kier alpha value is -1.88. The molecule has 2 N–H and O–H groups in total. The van der Waals surface area contributed by atoms with Crippen LogP contribution in [0.5, 0.6) is 0 Å². The summed E-state index contributed by atoms with van der Waals surface area (Å²) >= 11 is 6.24. The summed E-state index contributed by atoms with van der Waals surface area (Å²) in [7, 11) is 0. The minimum atomic E-state index is -0.764. The van der Waals surface area contributed by atoms with Crippen molar-refractivity contribution in [2.24, 2.45) is 0 Å². The van der Waals surface area contributed by atoms with Gasteiger partial charge in [0.1, 0.15) is 5.54 Å². The summed E-state index contributed by atoms with van der Waals surface area (Å²) in [5.41, 5.74) is 1.36. The molecule has 3 rings (SSSR count). The van der Waals surface area contributed by atoms with Gasteiger partial charge in [0.25, 0.3) is 5.71 Å². The van der Waals surface area contributed by atoms with Crippen LogP contribution in [0.1, 0.15) is 31.1 Å². The Bertz CT molecular complexity index is 728. The van der Waals surface area contributed by atoms with Gasteiger partial charge in [-0.2, -0.15) is 0 Å². The number of nitrogens with zero attached hydrogens (tertiary/aromatic N) is 2. The molecule has 4 nitrogen and oxygen atoms in total. The number of rotatable bonds is 2. The van der Waals surface area contributed by atoms with E-state index in [9.17, 15) is 10.4 Å². The van der Waals surface area contributed by atoms with Crippen LogP contribution < -0.4 is 0 Å². The predicted octanol–water partition coefficient (Wildman–Crippen LogP) is 3.71. The van der Waals surface area contributed by atoms with Gasteiger partial charge in [-0.25, -0.2) is 0 Å². The Morgan fingerprint density at radius 2 is 1.64 bits per heavy atom. The summed E-state index contributed by atoms with van der Waals surface area (Å²) in [6.45, 7) is 3.71. The fourth-order valence-corrected chi connectivity index (χ4v) is 3.18. The molecular formula is C17H18ClN2O2+. The highest BCUT2D eigenvalue weighted by Crippen LogP contribution is 2.38. The van der Waals surface area contributed by atoms with Crippen molar-refractivity contribution in [3.63, 3.8) is 0 Å². The van der Waals surface area contributed by atoms with Gasteiger partial charge in [0.15, 0.2) is 0 Å². The van der Waals surface area contributed by atoms with Crippen molar-refractivity contribution < 1.29 is 15.2 Å². The van der Waals surface area contributed by atoms with Crippen LogP contribution in [0.2, 0.25) is 5.02 Å². The van der Waals surface area contributed by atoms with Gasteiger partial charge in [-0.1, -0.05) is 41.9 Å². The second-order valence-electron chi connectivity index (χ2n) is 5.86. The lowest BCUT2D eigenvalue weighted by Crippen LogP contribution is -2.44. The SMILES string of the molecule is CC1(C)C(c2ccccc2)=[N+](O)C(c2ccccc2Cl)N1O. The largest absolute Gasteiger partial charge is 0.307 e. The molecule has 0 aromatic heterocycles. The van der Waals surface area contributed by atoms with E-state index in [1.165, 1.54) is 0 Å². The van der Waals surface area contributed by atoms with Crippen LogP contribution in [0.15, 0.2) is 54.6 Å². The molecule has 1 unspecified atom stereocenters. The highest BCUT2D eigenvalue weighted by atomic mass is 35.5. The van der Waals surface area contributed by atoms with Crippen LogP contribution in [0.4, 0.5) is 0 Å². The molecule has 2 aromatic rings. The van der Waals surface area contributed by atoms with Gasteiger partial charge in [-0.15, -0.1) is 5.06 Å². The standard InChI is InChI=1S/C17H18ClN2O2/c1-17(2)15(12-8-4-3-5-9-12)19(21)16(20(17)22)13-10-6-7-11-14(13)18/h3-11,16,21-22H,1-2H3/q+1. The molecule has 1 atom stereocenters. The third-order valence-electron chi connectivity index (χ3n) is 4.08. The normalized spacial score (nSPS) is 21.4. The molecule has 1 aliphatic rings. The average Bonchev–Trinajstić information content (AvgIpc) is 2.67. The first kappa shape index (κ1) is 15.0. The first-order valence-corrected chi connectivity index (χ1v) is 7.46. The van der Waals surface area contributed by atoms with Gasteiger partial charge in [-0.05, 0) is 38.1 Å². The molecule has 5 heteroatoms. The molecule has 1 aliphatic heterocycles. The smallest absolute Gasteiger partial charge is 0.307 e. The number of halogens is 1. The van der Waals surface area contributed by atoms with Gasteiger partial charge < -0.3 is 5.21 Å². The summed E-state index contributed by atoms with van der Waals surface area (Å²) in [4.78, 5) is 0. The maximum atomic E-state index is 10.7. The van der Waals surface area contributed by atoms with Gasteiger partial charge in [0.05, 0.1) is 10.6 Å². The monoisotopic (exact) mass is 317 g/mol. The van der Waals surface area contributed by atoms with Crippen LogP contribution >= 0.6 is 11.6 Å². The Labute approximate surface area is 134 Å². The predicted molar refractivity (Wildman–Crippen MR) is 84.5 cm³/mol. The fraction of sp³-hybridized carbons (Fsp3) is 0.235. The van der Waals surface area contributed by atoms with Crippen LogP contribution in [-0.2, 0) is 0 Å². The first-order chi connectivity index (χ1) is 10.4. The highest BCUT2D eigenvalue weighted by molar-refractivity contribution is 6.31. The summed E-state index contributed by atoms with van der Waals surface area (Å²) in [6, 6.07) is 16.7. The molecular weight excluding hydrogens is 300 g/mol. The van der Waals surface area contributed by atoms with Gasteiger partial charge >= 0.3 is 6.17 Å². The topological polar surface area (TPSA) is 46.7 Å². The van der Waals surface area contributed by atoms with Crippen LogP contribution in [0, 0.1) is 0 Å². The van der Waals surface area contributed by atoms with Crippen LogP contribution in [-0.4, -0.2) is 31.5 Å². The second-order valence-corrected chi connectivity index (χ2v) is 6.27. The quantitative estimate of drug-likeness (QED) is 0.655. The lowest BCUT2D eigenvalue weighted by atomic mass is 9.93. The minimum Gasteiger partial charge on any atom is -0.307 e. The molecule has 0 bridgehead atoms. The van der Waals surface area contributed by atoms with Crippen molar-refractivity contribution in [3.05, 3.63) is 70.7 Å². The maximum Gasteiger partial charge on any atom is 0.307 e. The zero-order valence-electron chi connectivity index (χ0n) is 12.4. The fourth-order valence-electron chi connectivity index (χ4n) is 2.95. The number of hydrogen-bond acceptors (Lipinski definition) is 3. The molecule has 0 spiro atoms. The summed E-state index contributed by atoms with van der Waals surface area (Å²) in [5, 5.41) is 23.0. The van der Waals surface area contributed by atoms with Crippen molar-refractivity contribution in [3.8, 4) is 0 Å². The maximum absolute atomic E-state index is 10.7. The lowest BCUT2D eigenvalue weighted by molar-refractivity contribution is -0.816. The first-order valence-electron chi connectivity index (χ1n) is 7.08. The number of benzene rings is 2. The van der Waals surface area contributed by atoms with Crippen molar-refractivity contribution in [2.75, 3.05) is 0 Å². The third kappa shape index (κ3) is 2.20. The average molecular weight is 318 g/mol. The van der Waals surface area contributed by atoms with Crippen molar-refractivity contribution in [1.29, 1.82) is 0 Å². The Morgan fingerprint density at radius 3 is 2.27 bits per heavy atom. The van der Waals surface area contributed by atoms with E-state index in [2.05, 4.69) is 0 Å². The summed E-state index contributed by atoms with van der Waals surface area (Å²) in [6.07, 6.45) is -0.751. The molecule has 0 radical (unpaired) electrons. The van der Waals surface area contributed by atoms with Crippen LogP contribution in [0.3, 0.4) is 0 Å². The molecule has 1 heterocycles.